The van der Waals surface area contributed by atoms with Gasteiger partial charge in [0.1, 0.15) is 5.58 Å². The third kappa shape index (κ3) is 4.21. The highest BCUT2D eigenvalue weighted by Crippen LogP contribution is 2.44. The number of nitrogens with zero attached hydrogens (tertiary/aromatic N) is 3. The van der Waals surface area contributed by atoms with Gasteiger partial charge >= 0.3 is 0 Å². The minimum Gasteiger partial charge on any atom is -0.454 e. The summed E-state index contributed by atoms with van der Waals surface area (Å²) in [5, 5.41) is 7.16. The molecule has 0 atom stereocenters. The second-order valence-corrected chi connectivity index (χ2v) is 13.4. The quantitative estimate of drug-likeness (QED) is 0.183. The maximum absolute atomic E-state index is 6.66. The van der Waals surface area contributed by atoms with Gasteiger partial charge in [-0.2, -0.15) is 0 Å². The summed E-state index contributed by atoms with van der Waals surface area (Å²) >= 11 is 0. The van der Waals surface area contributed by atoms with Crippen LogP contribution in [0.5, 0.6) is 0 Å². The Morgan fingerprint density at radius 1 is 0.346 bits per heavy atom. The third-order valence-electron chi connectivity index (χ3n) is 10.5. The minimum atomic E-state index is 0.860. The predicted octanol–water partition coefficient (Wildman–Crippen LogP) is 13.2. The average molecular weight is 666 g/mol. The summed E-state index contributed by atoms with van der Waals surface area (Å²) < 4.78 is 11.4. The van der Waals surface area contributed by atoms with Crippen molar-refractivity contribution < 1.29 is 4.42 Å². The summed E-state index contributed by atoms with van der Waals surface area (Å²) in [6.45, 7) is 0. The maximum Gasteiger partial charge on any atom is 0.159 e. The van der Waals surface area contributed by atoms with Crippen LogP contribution >= 0.6 is 0 Å². The highest BCUT2D eigenvalue weighted by Gasteiger charge is 2.22. The van der Waals surface area contributed by atoms with Crippen molar-refractivity contribution in [3.8, 4) is 11.4 Å². The second kappa shape index (κ2) is 11.2. The lowest BCUT2D eigenvalue weighted by molar-refractivity contribution is 0.669. The molecule has 11 aromatic rings. The number of furan rings is 1. The summed E-state index contributed by atoms with van der Waals surface area (Å²) in [7, 11) is 0. The Morgan fingerprint density at radius 3 is 1.52 bits per heavy atom. The van der Waals surface area contributed by atoms with Crippen LogP contribution in [-0.4, -0.2) is 9.13 Å². The van der Waals surface area contributed by atoms with Crippen molar-refractivity contribution in [2.24, 2.45) is 0 Å². The van der Waals surface area contributed by atoms with E-state index in [1.807, 2.05) is 12.1 Å². The van der Waals surface area contributed by atoms with Crippen LogP contribution in [0.15, 0.2) is 192 Å². The molecule has 0 amide bonds. The van der Waals surface area contributed by atoms with Gasteiger partial charge in [0, 0.05) is 55.1 Å². The van der Waals surface area contributed by atoms with Crippen LogP contribution in [0, 0.1) is 0 Å². The molecular weight excluding hydrogens is 635 g/mol. The van der Waals surface area contributed by atoms with E-state index < -0.39 is 0 Å². The first-order chi connectivity index (χ1) is 25.8. The molecule has 0 bridgehead atoms. The number of hydrogen-bond acceptors (Lipinski definition) is 2. The molecule has 0 spiro atoms. The van der Waals surface area contributed by atoms with Crippen LogP contribution in [0.25, 0.3) is 76.9 Å². The Kier molecular flexibility index (Phi) is 6.22. The zero-order valence-corrected chi connectivity index (χ0v) is 28.1. The summed E-state index contributed by atoms with van der Waals surface area (Å²) in [4.78, 5) is 2.34. The van der Waals surface area contributed by atoms with E-state index >= 15 is 0 Å². The van der Waals surface area contributed by atoms with Crippen molar-refractivity contribution in [3.63, 3.8) is 0 Å². The van der Waals surface area contributed by atoms with Crippen molar-refractivity contribution in [2.75, 3.05) is 4.90 Å². The standard InChI is InChI=1S/C48H31N3O/c1-2-13-32(14-3-1)51-44-22-10-6-17-38(44)39-30-29-35(31-46(39)51)49(45-23-12-19-41-40-18-7-11-24-47(40)52-48(41)45)33-25-27-34(28-26-33)50-42-20-8-4-15-36(42)37-16-5-9-21-43(37)50/h1-31H. The van der Waals surface area contributed by atoms with Crippen LogP contribution in [0.2, 0.25) is 0 Å². The number of fused-ring (bicyclic) bond motifs is 9. The van der Waals surface area contributed by atoms with E-state index in [-0.39, 0.29) is 0 Å². The van der Waals surface area contributed by atoms with Gasteiger partial charge in [-0.1, -0.05) is 109 Å². The number of hydrogen-bond donors (Lipinski definition) is 0. The second-order valence-electron chi connectivity index (χ2n) is 13.4. The zero-order valence-electron chi connectivity index (χ0n) is 28.1. The average Bonchev–Trinajstić information content (AvgIpc) is 3.87. The molecule has 3 aromatic heterocycles. The number of benzene rings is 8. The van der Waals surface area contributed by atoms with E-state index in [2.05, 4.69) is 190 Å². The largest absolute Gasteiger partial charge is 0.454 e. The van der Waals surface area contributed by atoms with E-state index in [1.54, 1.807) is 0 Å². The first-order valence-corrected chi connectivity index (χ1v) is 17.7. The Hall–Kier alpha value is -7.04. The lowest BCUT2D eigenvalue weighted by Gasteiger charge is -2.26. The molecule has 0 aliphatic heterocycles. The molecule has 8 aromatic carbocycles. The Bertz CT molecular complexity index is 3080. The van der Waals surface area contributed by atoms with Crippen molar-refractivity contribution >= 4 is 82.6 Å². The minimum absolute atomic E-state index is 0.860. The van der Waals surface area contributed by atoms with Gasteiger partial charge in [-0.25, -0.2) is 0 Å². The number of aromatic nitrogens is 2. The fourth-order valence-corrected chi connectivity index (χ4v) is 8.24. The van der Waals surface area contributed by atoms with Gasteiger partial charge in [-0.15, -0.1) is 0 Å². The molecule has 52 heavy (non-hydrogen) atoms. The SMILES string of the molecule is c1ccc(-n2c3ccccc3c3ccc(N(c4ccc(-n5c6ccccc6c6ccccc65)cc4)c4cccc5c4oc4ccccc45)cc32)cc1. The molecule has 0 aliphatic carbocycles. The molecule has 0 N–H and O–H groups in total. The third-order valence-corrected chi connectivity index (χ3v) is 10.5. The summed E-state index contributed by atoms with van der Waals surface area (Å²) in [5.41, 5.74) is 11.8. The summed E-state index contributed by atoms with van der Waals surface area (Å²) in [5.74, 6) is 0. The Labute approximate surface area is 299 Å². The Balaban J connectivity index is 1.16. The van der Waals surface area contributed by atoms with Gasteiger partial charge in [0.25, 0.3) is 0 Å². The molecule has 0 saturated carbocycles. The lowest BCUT2D eigenvalue weighted by atomic mass is 10.1. The maximum atomic E-state index is 6.66. The first kappa shape index (κ1) is 28.8. The number of para-hydroxylation sites is 6. The molecular formula is C48H31N3O. The molecule has 244 valence electrons. The van der Waals surface area contributed by atoms with Crippen LogP contribution in [0.3, 0.4) is 0 Å². The molecule has 0 unspecified atom stereocenters. The molecule has 0 saturated heterocycles. The van der Waals surface area contributed by atoms with Gasteiger partial charge in [0.05, 0.1) is 27.8 Å². The van der Waals surface area contributed by atoms with Crippen molar-refractivity contribution in [1.82, 2.24) is 9.13 Å². The lowest BCUT2D eigenvalue weighted by Crippen LogP contribution is -2.10. The van der Waals surface area contributed by atoms with E-state index in [0.717, 1.165) is 55.9 Å². The molecule has 4 nitrogen and oxygen atoms in total. The molecule has 0 fully saturated rings. The van der Waals surface area contributed by atoms with Crippen molar-refractivity contribution in [1.29, 1.82) is 0 Å². The monoisotopic (exact) mass is 665 g/mol. The fraction of sp³-hybridized carbons (Fsp3) is 0. The van der Waals surface area contributed by atoms with Crippen molar-refractivity contribution in [2.45, 2.75) is 0 Å². The highest BCUT2D eigenvalue weighted by molar-refractivity contribution is 6.13. The normalized spacial score (nSPS) is 11.8. The van der Waals surface area contributed by atoms with Gasteiger partial charge in [0.15, 0.2) is 5.58 Å². The summed E-state index contributed by atoms with van der Waals surface area (Å²) in [6.07, 6.45) is 0. The van der Waals surface area contributed by atoms with Gasteiger partial charge in [-0.3, -0.25) is 0 Å². The van der Waals surface area contributed by atoms with Crippen LogP contribution < -0.4 is 4.90 Å². The first-order valence-electron chi connectivity index (χ1n) is 17.7. The van der Waals surface area contributed by atoms with Crippen LogP contribution in [-0.2, 0) is 0 Å². The smallest absolute Gasteiger partial charge is 0.159 e. The zero-order chi connectivity index (χ0) is 34.2. The van der Waals surface area contributed by atoms with E-state index in [4.69, 9.17) is 4.42 Å². The van der Waals surface area contributed by atoms with Crippen LogP contribution in [0.4, 0.5) is 17.1 Å². The van der Waals surface area contributed by atoms with E-state index in [1.165, 1.54) is 38.1 Å². The van der Waals surface area contributed by atoms with E-state index in [0.29, 0.717) is 0 Å². The number of rotatable bonds is 5. The van der Waals surface area contributed by atoms with Gasteiger partial charge in [0.2, 0.25) is 0 Å². The van der Waals surface area contributed by atoms with Crippen LogP contribution in [0.1, 0.15) is 0 Å². The summed E-state index contributed by atoms with van der Waals surface area (Å²) in [6, 6.07) is 67.2. The molecule has 11 rings (SSSR count). The molecule has 4 heteroatoms. The van der Waals surface area contributed by atoms with E-state index in [9.17, 15) is 0 Å². The topological polar surface area (TPSA) is 26.2 Å². The number of anilines is 3. The predicted molar refractivity (Wildman–Crippen MR) is 217 cm³/mol. The Morgan fingerprint density at radius 2 is 0.846 bits per heavy atom. The highest BCUT2D eigenvalue weighted by atomic mass is 16.3. The van der Waals surface area contributed by atoms with Crippen molar-refractivity contribution in [3.05, 3.63) is 188 Å². The molecule has 3 heterocycles. The molecule has 0 aliphatic rings. The fourth-order valence-electron chi connectivity index (χ4n) is 8.24. The molecule has 0 radical (unpaired) electrons. The van der Waals surface area contributed by atoms with Gasteiger partial charge < -0.3 is 18.5 Å². The van der Waals surface area contributed by atoms with Gasteiger partial charge in [-0.05, 0) is 78.9 Å².